The van der Waals surface area contributed by atoms with Gasteiger partial charge in [0.1, 0.15) is 0 Å². The minimum absolute atomic E-state index is 0.0232. The van der Waals surface area contributed by atoms with E-state index in [0.29, 0.717) is 18.5 Å². The molecule has 1 aromatic rings. The number of hydrogen-bond acceptors (Lipinski definition) is 4. The summed E-state index contributed by atoms with van der Waals surface area (Å²) >= 11 is 0. The second-order valence-corrected chi connectivity index (χ2v) is 5.12. The molecule has 6 nitrogen and oxygen atoms in total. The molecular weight excluding hydrogens is 232 g/mol. The van der Waals surface area contributed by atoms with Crippen molar-refractivity contribution in [3.8, 4) is 0 Å². The zero-order valence-corrected chi connectivity index (χ0v) is 9.04. The third kappa shape index (κ3) is 1.92. The van der Waals surface area contributed by atoms with E-state index in [1.807, 2.05) is 0 Å². The summed E-state index contributed by atoms with van der Waals surface area (Å²) in [5.41, 5.74) is 1.36. The van der Waals surface area contributed by atoms with Crippen molar-refractivity contribution in [3.05, 3.63) is 23.8 Å². The van der Waals surface area contributed by atoms with Crippen LogP contribution in [0, 0.1) is 0 Å². The number of carbonyl (C=O) groups is 1. The molecule has 1 aromatic carbocycles. The summed E-state index contributed by atoms with van der Waals surface area (Å²) < 4.78 is 22.6. The Morgan fingerprint density at radius 2 is 2.06 bits per heavy atom. The van der Waals surface area contributed by atoms with Gasteiger partial charge in [-0.05, 0) is 30.2 Å². The Balaban J connectivity index is 2.45. The van der Waals surface area contributed by atoms with Gasteiger partial charge in [-0.1, -0.05) is 4.89 Å². The molecule has 1 aliphatic heterocycles. The van der Waals surface area contributed by atoms with Crippen molar-refractivity contribution in [1.82, 2.24) is 4.89 Å². The Morgan fingerprint density at radius 3 is 2.75 bits per heavy atom. The molecule has 0 fully saturated rings. The van der Waals surface area contributed by atoms with Crippen molar-refractivity contribution in [2.45, 2.75) is 17.7 Å². The van der Waals surface area contributed by atoms with Gasteiger partial charge < -0.3 is 10.5 Å². The lowest BCUT2D eigenvalue weighted by molar-refractivity contribution is -0.116. The van der Waals surface area contributed by atoms with Crippen molar-refractivity contribution >= 4 is 21.6 Å². The van der Waals surface area contributed by atoms with Gasteiger partial charge in [-0.2, -0.15) is 0 Å². The number of anilines is 1. The molecule has 3 N–H and O–H groups in total. The van der Waals surface area contributed by atoms with Crippen LogP contribution < -0.4 is 10.2 Å². The first-order valence-electron chi connectivity index (χ1n) is 4.61. The third-order valence-corrected chi connectivity index (χ3v) is 3.52. The second-order valence-electron chi connectivity index (χ2n) is 3.46. The van der Waals surface area contributed by atoms with Crippen LogP contribution in [0.4, 0.5) is 5.69 Å². The monoisotopic (exact) mass is 242 g/mol. The molecule has 16 heavy (non-hydrogen) atoms. The van der Waals surface area contributed by atoms with Crippen LogP contribution in [-0.4, -0.2) is 19.5 Å². The Labute approximate surface area is 92.3 Å². The Kier molecular flexibility index (Phi) is 2.66. The lowest BCUT2D eigenvalue weighted by Gasteiger charge is -2.17. The van der Waals surface area contributed by atoms with Gasteiger partial charge in [0.05, 0.1) is 4.90 Å². The predicted octanol–water partition coefficient (Wildman–Crippen LogP) is 0.239. The Hall–Kier alpha value is -1.44. The van der Waals surface area contributed by atoms with E-state index in [1.54, 1.807) is 0 Å². The highest BCUT2D eigenvalue weighted by Gasteiger charge is 2.19. The number of amides is 1. The number of aryl methyl sites for hydroxylation is 1. The molecule has 1 heterocycles. The fraction of sp³-hybridized carbons (Fsp3) is 0.222. The number of nitrogens with one attached hydrogen (secondary N) is 2. The SMILES string of the molecule is O=C1CCc2cc(S(=O)(=O)NO)ccc2N1. The number of hydrogen-bond donors (Lipinski definition) is 3. The second kappa shape index (κ2) is 3.85. The number of benzene rings is 1. The average Bonchev–Trinajstić information content (AvgIpc) is 2.28. The van der Waals surface area contributed by atoms with Gasteiger partial charge in [-0.25, -0.2) is 8.42 Å². The lowest BCUT2D eigenvalue weighted by Crippen LogP contribution is -2.22. The van der Waals surface area contributed by atoms with Gasteiger partial charge in [0.25, 0.3) is 10.0 Å². The molecule has 2 rings (SSSR count). The number of sulfonamides is 1. The molecule has 0 saturated heterocycles. The van der Waals surface area contributed by atoms with E-state index < -0.39 is 10.0 Å². The van der Waals surface area contributed by atoms with Crippen LogP contribution in [0.2, 0.25) is 0 Å². The normalized spacial score (nSPS) is 15.4. The quantitative estimate of drug-likeness (QED) is 0.647. The molecule has 86 valence electrons. The maximum absolute atomic E-state index is 11.3. The lowest BCUT2D eigenvalue weighted by atomic mass is 10.0. The van der Waals surface area contributed by atoms with Gasteiger partial charge in [0, 0.05) is 12.1 Å². The molecule has 0 aliphatic carbocycles. The van der Waals surface area contributed by atoms with Gasteiger partial charge in [0.15, 0.2) is 0 Å². The molecule has 7 heteroatoms. The summed E-state index contributed by atoms with van der Waals surface area (Å²) in [5.74, 6) is -0.0802. The van der Waals surface area contributed by atoms with Crippen LogP contribution in [0.5, 0.6) is 0 Å². The standard InChI is InChI=1S/C9H10N2O4S/c12-9-4-1-6-5-7(16(14,15)11-13)2-3-8(6)10-9/h2-3,5,11,13H,1,4H2,(H,10,12). The molecule has 0 atom stereocenters. The molecule has 1 amide bonds. The van der Waals surface area contributed by atoms with Crippen molar-refractivity contribution in [2.24, 2.45) is 0 Å². The first-order valence-corrected chi connectivity index (χ1v) is 6.10. The number of rotatable bonds is 2. The summed E-state index contributed by atoms with van der Waals surface area (Å²) in [6.07, 6.45) is 0.832. The van der Waals surface area contributed by atoms with Crippen LogP contribution >= 0.6 is 0 Å². The smallest absolute Gasteiger partial charge is 0.262 e. The van der Waals surface area contributed by atoms with Gasteiger partial charge in [-0.15, -0.1) is 0 Å². The van der Waals surface area contributed by atoms with Crippen LogP contribution in [0.1, 0.15) is 12.0 Å². The number of carbonyl (C=O) groups excluding carboxylic acids is 1. The number of fused-ring (bicyclic) bond motifs is 1. The van der Waals surface area contributed by atoms with Gasteiger partial charge >= 0.3 is 0 Å². The highest BCUT2D eigenvalue weighted by Crippen LogP contribution is 2.25. The molecule has 0 spiro atoms. The summed E-state index contributed by atoms with van der Waals surface area (Å²) in [6.45, 7) is 0. The van der Waals surface area contributed by atoms with Crippen LogP contribution in [-0.2, 0) is 21.2 Å². The van der Waals surface area contributed by atoms with Crippen molar-refractivity contribution in [3.63, 3.8) is 0 Å². The zero-order valence-electron chi connectivity index (χ0n) is 8.23. The summed E-state index contributed by atoms with van der Waals surface area (Å²) in [6, 6.07) is 4.27. The topological polar surface area (TPSA) is 95.5 Å². The van der Waals surface area contributed by atoms with E-state index >= 15 is 0 Å². The van der Waals surface area contributed by atoms with Crippen molar-refractivity contribution in [1.29, 1.82) is 0 Å². The molecule has 0 bridgehead atoms. The molecule has 0 aromatic heterocycles. The maximum atomic E-state index is 11.3. The molecule has 0 radical (unpaired) electrons. The summed E-state index contributed by atoms with van der Waals surface area (Å²) in [5, 5.41) is 11.1. The zero-order chi connectivity index (χ0) is 11.8. The van der Waals surface area contributed by atoms with Crippen molar-refractivity contribution in [2.75, 3.05) is 5.32 Å². The average molecular weight is 242 g/mol. The maximum Gasteiger partial charge on any atom is 0.262 e. The minimum Gasteiger partial charge on any atom is -0.326 e. The van der Waals surface area contributed by atoms with Crippen LogP contribution in [0.25, 0.3) is 0 Å². The largest absolute Gasteiger partial charge is 0.326 e. The predicted molar refractivity (Wildman–Crippen MR) is 55.5 cm³/mol. The van der Waals surface area contributed by atoms with E-state index in [-0.39, 0.29) is 10.8 Å². The highest BCUT2D eigenvalue weighted by molar-refractivity contribution is 7.89. The first-order chi connectivity index (χ1) is 7.53. The Bertz CT molecular complexity index is 538. The fourth-order valence-corrected chi connectivity index (χ4v) is 2.23. The molecular formula is C9H10N2O4S. The minimum atomic E-state index is -3.85. The van der Waals surface area contributed by atoms with Gasteiger partial charge in [-0.3, -0.25) is 4.79 Å². The van der Waals surface area contributed by atoms with Gasteiger partial charge in [0.2, 0.25) is 5.91 Å². The third-order valence-electron chi connectivity index (χ3n) is 2.40. The fourth-order valence-electron chi connectivity index (χ4n) is 1.58. The molecule has 1 aliphatic rings. The summed E-state index contributed by atoms with van der Waals surface area (Å²) in [7, 11) is -3.85. The van der Waals surface area contributed by atoms with Crippen LogP contribution in [0.15, 0.2) is 23.1 Å². The summed E-state index contributed by atoms with van der Waals surface area (Å²) in [4.78, 5) is 12.3. The van der Waals surface area contributed by atoms with E-state index in [9.17, 15) is 13.2 Å². The van der Waals surface area contributed by atoms with E-state index in [1.165, 1.54) is 23.1 Å². The molecule has 0 saturated carbocycles. The van der Waals surface area contributed by atoms with Crippen molar-refractivity contribution < 1.29 is 18.4 Å². The highest BCUT2D eigenvalue weighted by atomic mass is 32.2. The van der Waals surface area contributed by atoms with E-state index in [4.69, 9.17) is 5.21 Å². The van der Waals surface area contributed by atoms with Crippen LogP contribution in [0.3, 0.4) is 0 Å². The Morgan fingerprint density at radius 1 is 1.31 bits per heavy atom. The first kappa shape index (κ1) is 11.1. The molecule has 0 unspecified atom stereocenters. The van der Waals surface area contributed by atoms with E-state index in [0.717, 1.165) is 5.56 Å². The van der Waals surface area contributed by atoms with E-state index in [2.05, 4.69) is 5.32 Å².